The maximum Gasteiger partial charge on any atom is 0.269 e. The number of nitrogens with one attached hydrogen (secondary N) is 1. The molecule has 8 nitrogen and oxygen atoms in total. The fourth-order valence-electron chi connectivity index (χ4n) is 4.00. The molecule has 0 radical (unpaired) electrons. The third-order valence-electron chi connectivity index (χ3n) is 5.46. The van der Waals surface area contributed by atoms with Gasteiger partial charge in [0.25, 0.3) is 5.69 Å². The van der Waals surface area contributed by atoms with Gasteiger partial charge in [0, 0.05) is 46.5 Å². The van der Waals surface area contributed by atoms with Gasteiger partial charge < -0.3 is 9.64 Å². The van der Waals surface area contributed by atoms with Crippen LogP contribution in [0.15, 0.2) is 52.5 Å². The van der Waals surface area contributed by atoms with Crippen LogP contribution in [0.2, 0.25) is 0 Å². The highest BCUT2D eigenvalue weighted by atomic mass is 32.2. The minimum atomic E-state index is -0.456. The number of carbonyl (C=O) groups excluding carboxylic acids is 1. The Balaban J connectivity index is 1.69. The van der Waals surface area contributed by atoms with E-state index in [0.29, 0.717) is 5.75 Å². The summed E-state index contributed by atoms with van der Waals surface area (Å²) in [6.07, 6.45) is 3.83. The molecule has 0 aliphatic carbocycles. The van der Waals surface area contributed by atoms with Crippen LogP contribution in [-0.4, -0.2) is 42.0 Å². The van der Waals surface area contributed by atoms with Crippen molar-refractivity contribution in [2.75, 3.05) is 24.3 Å². The summed E-state index contributed by atoms with van der Waals surface area (Å²) < 4.78 is 5.59. The molecule has 2 aromatic carbocycles. The minimum Gasteiger partial charge on any atom is -0.496 e. The molecule has 2 aromatic rings. The van der Waals surface area contributed by atoms with Crippen LogP contribution in [0, 0.1) is 10.1 Å². The fourth-order valence-corrected chi connectivity index (χ4v) is 4.69. The molecule has 0 fully saturated rings. The molecule has 1 N–H and O–H groups in total. The molecule has 1 amide bonds. The number of carbonyl (C=O) groups is 1. The lowest BCUT2D eigenvalue weighted by atomic mass is 9.88. The summed E-state index contributed by atoms with van der Waals surface area (Å²) in [6.45, 7) is 9.47. The van der Waals surface area contributed by atoms with E-state index in [-0.39, 0.29) is 22.9 Å². The number of nitrogens with zero attached hydrogens (tertiary/aromatic N) is 3. The van der Waals surface area contributed by atoms with Crippen LogP contribution in [0.3, 0.4) is 0 Å². The molecule has 9 heteroatoms. The van der Waals surface area contributed by atoms with Crippen molar-refractivity contribution in [1.82, 2.24) is 5.43 Å². The van der Waals surface area contributed by atoms with E-state index in [1.54, 1.807) is 25.5 Å². The molecule has 174 valence electrons. The van der Waals surface area contributed by atoms with Gasteiger partial charge in [0.15, 0.2) is 0 Å². The third kappa shape index (κ3) is 5.54. The Hall–Kier alpha value is -3.33. The number of rotatable bonds is 8. The predicted molar refractivity (Wildman–Crippen MR) is 133 cm³/mol. The Kier molecular flexibility index (Phi) is 7.43. The fraction of sp³-hybridized carbons (Fsp3) is 0.333. The quantitative estimate of drug-likeness (QED) is 0.257. The van der Waals surface area contributed by atoms with Crippen molar-refractivity contribution in [3.63, 3.8) is 0 Å². The lowest BCUT2D eigenvalue weighted by Crippen LogP contribution is -2.44. The standard InChI is InChI=1S/C24H28N4O4S/c1-6-27-21-12-22(32-5)17(11-20(21)16(2)13-24(27,3)4)14-25-26-23(29)15-33-19-9-7-18(8-10-19)28(30)31/h7-14H,6,15H2,1-5H3,(H,26,29)/b25-14-. The zero-order chi connectivity index (χ0) is 24.2. The summed E-state index contributed by atoms with van der Waals surface area (Å²) in [6, 6.07) is 10.1. The third-order valence-corrected chi connectivity index (χ3v) is 6.47. The number of fused-ring (bicyclic) bond motifs is 1. The number of non-ortho nitro benzene ring substituents is 1. The van der Waals surface area contributed by atoms with Gasteiger partial charge in [-0.25, -0.2) is 5.43 Å². The van der Waals surface area contributed by atoms with Crippen molar-refractivity contribution in [3.8, 4) is 5.75 Å². The van der Waals surface area contributed by atoms with Crippen molar-refractivity contribution in [2.24, 2.45) is 5.10 Å². The van der Waals surface area contributed by atoms with Crippen molar-refractivity contribution < 1.29 is 14.5 Å². The molecule has 1 aliphatic rings. The van der Waals surface area contributed by atoms with Crippen LogP contribution in [-0.2, 0) is 4.79 Å². The average molecular weight is 469 g/mol. The number of hydrazone groups is 1. The number of likely N-dealkylation sites (N-methyl/N-ethyl adjacent to an activating group) is 1. The molecule has 0 bridgehead atoms. The molecule has 1 aliphatic heterocycles. The predicted octanol–water partition coefficient (Wildman–Crippen LogP) is 4.87. The Morgan fingerprint density at radius 2 is 2.00 bits per heavy atom. The lowest BCUT2D eigenvalue weighted by Gasteiger charge is -2.43. The second-order valence-corrected chi connectivity index (χ2v) is 9.22. The Morgan fingerprint density at radius 1 is 1.30 bits per heavy atom. The highest BCUT2D eigenvalue weighted by Crippen LogP contribution is 2.41. The first kappa shape index (κ1) is 24.3. The Labute approximate surface area is 197 Å². The van der Waals surface area contributed by atoms with E-state index in [2.05, 4.69) is 49.2 Å². The summed E-state index contributed by atoms with van der Waals surface area (Å²) in [5, 5.41) is 14.8. The molecule has 0 saturated carbocycles. The topological polar surface area (TPSA) is 97.1 Å². The van der Waals surface area contributed by atoms with Crippen LogP contribution in [0.1, 0.15) is 38.8 Å². The van der Waals surface area contributed by atoms with Gasteiger partial charge in [-0.1, -0.05) is 6.08 Å². The number of methoxy groups -OCH3 is 1. The molecule has 0 spiro atoms. The number of hydrogen-bond donors (Lipinski definition) is 1. The first-order valence-electron chi connectivity index (χ1n) is 10.5. The highest BCUT2D eigenvalue weighted by Gasteiger charge is 2.31. The van der Waals surface area contributed by atoms with E-state index in [1.807, 2.05) is 12.1 Å². The number of ether oxygens (including phenoxy) is 1. The zero-order valence-corrected chi connectivity index (χ0v) is 20.2. The van der Waals surface area contributed by atoms with Crippen molar-refractivity contribution in [2.45, 2.75) is 38.1 Å². The largest absolute Gasteiger partial charge is 0.496 e. The van der Waals surface area contributed by atoms with Gasteiger partial charge >= 0.3 is 0 Å². The van der Waals surface area contributed by atoms with Gasteiger partial charge in [0.1, 0.15) is 5.75 Å². The number of amides is 1. The van der Waals surface area contributed by atoms with E-state index in [4.69, 9.17) is 4.74 Å². The normalized spacial score (nSPS) is 14.6. The smallest absolute Gasteiger partial charge is 0.269 e. The van der Waals surface area contributed by atoms with Gasteiger partial charge in [0.2, 0.25) is 5.91 Å². The molecule has 33 heavy (non-hydrogen) atoms. The average Bonchev–Trinajstić information content (AvgIpc) is 2.77. The zero-order valence-electron chi connectivity index (χ0n) is 19.4. The van der Waals surface area contributed by atoms with Gasteiger partial charge in [0.05, 0.1) is 29.5 Å². The number of nitro groups is 1. The number of hydrogen-bond acceptors (Lipinski definition) is 7. The van der Waals surface area contributed by atoms with E-state index < -0.39 is 4.92 Å². The Bertz CT molecular complexity index is 1110. The van der Waals surface area contributed by atoms with E-state index in [0.717, 1.165) is 28.3 Å². The maximum absolute atomic E-state index is 12.2. The van der Waals surface area contributed by atoms with Crippen LogP contribution in [0.25, 0.3) is 5.57 Å². The molecular formula is C24H28N4O4S. The molecule has 0 saturated heterocycles. The number of allylic oxidation sites excluding steroid dienone is 1. The first-order valence-corrected chi connectivity index (χ1v) is 11.5. The van der Waals surface area contributed by atoms with Crippen molar-refractivity contribution in [1.29, 1.82) is 0 Å². The molecule has 0 aromatic heterocycles. The van der Waals surface area contributed by atoms with Gasteiger partial charge in [-0.2, -0.15) is 5.10 Å². The number of anilines is 1. The Morgan fingerprint density at radius 3 is 2.61 bits per heavy atom. The monoisotopic (exact) mass is 468 g/mol. The molecule has 0 atom stereocenters. The van der Waals surface area contributed by atoms with Gasteiger partial charge in [-0.15, -0.1) is 11.8 Å². The number of thioether (sulfide) groups is 1. The van der Waals surface area contributed by atoms with Crippen molar-refractivity contribution in [3.05, 3.63) is 63.7 Å². The number of nitro benzene ring substituents is 1. The highest BCUT2D eigenvalue weighted by molar-refractivity contribution is 8.00. The van der Waals surface area contributed by atoms with Crippen LogP contribution in [0.5, 0.6) is 5.75 Å². The summed E-state index contributed by atoms with van der Waals surface area (Å²) in [5.41, 5.74) is 6.62. The molecule has 3 rings (SSSR count). The number of benzene rings is 2. The summed E-state index contributed by atoms with van der Waals surface area (Å²) in [7, 11) is 1.62. The summed E-state index contributed by atoms with van der Waals surface area (Å²) in [5.74, 6) is 0.538. The second-order valence-electron chi connectivity index (χ2n) is 8.17. The van der Waals surface area contributed by atoms with Crippen molar-refractivity contribution >= 4 is 40.8 Å². The summed E-state index contributed by atoms with van der Waals surface area (Å²) in [4.78, 5) is 25.5. The van der Waals surface area contributed by atoms with Gasteiger partial charge in [-0.05, 0) is 51.5 Å². The minimum absolute atomic E-state index is 0.0168. The molecule has 1 heterocycles. The van der Waals surface area contributed by atoms with Crippen LogP contribution in [0.4, 0.5) is 11.4 Å². The molecular weight excluding hydrogens is 440 g/mol. The van der Waals surface area contributed by atoms with Gasteiger partial charge in [-0.3, -0.25) is 14.9 Å². The van der Waals surface area contributed by atoms with Crippen LogP contribution >= 0.6 is 11.8 Å². The second kappa shape index (κ2) is 10.1. The van der Waals surface area contributed by atoms with Crippen LogP contribution < -0.4 is 15.1 Å². The first-order chi connectivity index (χ1) is 15.7. The van der Waals surface area contributed by atoms with E-state index in [9.17, 15) is 14.9 Å². The van der Waals surface area contributed by atoms with E-state index in [1.165, 1.54) is 29.5 Å². The SMILES string of the molecule is CCN1c2cc(OC)c(/C=N\NC(=O)CSc3ccc([N+](=O)[O-])cc3)cc2C(C)=CC1(C)C. The maximum atomic E-state index is 12.2. The summed E-state index contributed by atoms with van der Waals surface area (Å²) >= 11 is 1.28. The lowest BCUT2D eigenvalue weighted by molar-refractivity contribution is -0.384. The van der Waals surface area contributed by atoms with E-state index >= 15 is 0 Å². The molecule has 0 unspecified atom stereocenters.